The summed E-state index contributed by atoms with van der Waals surface area (Å²) < 4.78 is 0. The molecule has 0 aliphatic heterocycles. The first-order chi connectivity index (χ1) is 12.0. The minimum Gasteiger partial charge on any atom is -0.0653 e. The van der Waals surface area contributed by atoms with Gasteiger partial charge in [0.05, 0.1) is 0 Å². The Bertz CT molecular complexity index is 745. The van der Waals surface area contributed by atoms with Crippen LogP contribution in [0.25, 0.3) is 11.1 Å². The molecule has 0 atom stereocenters. The molecule has 0 radical (unpaired) electrons. The Morgan fingerprint density at radius 3 is 1.42 bits per heavy atom. The van der Waals surface area contributed by atoms with Crippen LogP contribution in [-0.4, -0.2) is 0 Å². The van der Waals surface area contributed by atoms with Crippen molar-refractivity contribution >= 4 is 0 Å². The molecule has 0 N–H and O–H groups in total. The van der Waals surface area contributed by atoms with Crippen molar-refractivity contribution in [1.82, 2.24) is 0 Å². The first kappa shape index (κ1) is 19.2. The van der Waals surface area contributed by atoms with E-state index in [1.807, 2.05) is 0 Å². The molecule has 0 spiro atoms. The van der Waals surface area contributed by atoms with Crippen molar-refractivity contribution in [2.45, 2.75) is 90.9 Å². The van der Waals surface area contributed by atoms with Crippen molar-refractivity contribution < 1.29 is 0 Å². The van der Waals surface area contributed by atoms with Crippen LogP contribution in [0, 0.1) is 0 Å². The summed E-state index contributed by atoms with van der Waals surface area (Å²) in [6.45, 7) is 18.6. The van der Waals surface area contributed by atoms with Gasteiger partial charge in [0.1, 0.15) is 0 Å². The number of hydrogen-bond acceptors (Lipinski definition) is 0. The van der Waals surface area contributed by atoms with Crippen LogP contribution in [0.3, 0.4) is 0 Å². The third kappa shape index (κ3) is 2.92. The summed E-state index contributed by atoms with van der Waals surface area (Å²) in [5, 5.41) is 0. The fourth-order valence-electron chi connectivity index (χ4n) is 4.68. The lowest BCUT2D eigenvalue weighted by molar-refractivity contribution is 0.457. The number of hydrogen-bond donors (Lipinski definition) is 0. The summed E-state index contributed by atoms with van der Waals surface area (Å²) in [5.74, 6) is 0. The molecule has 1 aliphatic rings. The van der Waals surface area contributed by atoms with Gasteiger partial charge in [-0.15, -0.1) is 0 Å². The standard InChI is InChI=1S/C26H36/c1-9-15-26(10-2)22-16-18(24(3,4)5)11-13-20(22)21-14-12-19(17-23(21)26)25(6,7)8/h11-14,16-17H,9-10,15H2,1-8H3. The van der Waals surface area contributed by atoms with E-state index in [2.05, 4.69) is 91.8 Å². The van der Waals surface area contributed by atoms with E-state index in [4.69, 9.17) is 0 Å². The van der Waals surface area contributed by atoms with E-state index in [0.717, 1.165) is 0 Å². The zero-order chi connectivity index (χ0) is 19.3. The van der Waals surface area contributed by atoms with E-state index >= 15 is 0 Å². The topological polar surface area (TPSA) is 0 Å². The molecule has 0 heteroatoms. The minimum atomic E-state index is 0.169. The highest BCUT2D eigenvalue weighted by molar-refractivity contribution is 5.82. The van der Waals surface area contributed by atoms with E-state index < -0.39 is 0 Å². The molecule has 0 amide bonds. The van der Waals surface area contributed by atoms with E-state index in [1.165, 1.54) is 41.5 Å². The average Bonchev–Trinajstić information content (AvgIpc) is 2.83. The monoisotopic (exact) mass is 348 g/mol. The molecule has 0 aromatic heterocycles. The molecule has 2 aromatic rings. The third-order valence-electron chi connectivity index (χ3n) is 6.37. The number of fused-ring (bicyclic) bond motifs is 3. The maximum absolute atomic E-state index is 2.52. The Kier molecular flexibility index (Phi) is 4.62. The quantitative estimate of drug-likeness (QED) is 0.531. The summed E-state index contributed by atoms with van der Waals surface area (Å²) in [5.41, 5.74) is 9.50. The van der Waals surface area contributed by atoms with E-state index in [0.29, 0.717) is 0 Å². The number of rotatable bonds is 3. The lowest BCUT2D eigenvalue weighted by Gasteiger charge is -2.33. The molecule has 0 bridgehead atoms. The molecule has 2 aromatic carbocycles. The Morgan fingerprint density at radius 2 is 1.12 bits per heavy atom. The summed E-state index contributed by atoms with van der Waals surface area (Å²) in [6, 6.07) is 14.5. The van der Waals surface area contributed by atoms with Crippen molar-refractivity contribution in [3.63, 3.8) is 0 Å². The fraction of sp³-hybridized carbons (Fsp3) is 0.538. The van der Waals surface area contributed by atoms with Crippen molar-refractivity contribution in [3.8, 4) is 11.1 Å². The van der Waals surface area contributed by atoms with Gasteiger partial charge in [0, 0.05) is 5.41 Å². The van der Waals surface area contributed by atoms with Gasteiger partial charge in [-0.05, 0) is 57.1 Å². The fourth-order valence-corrected chi connectivity index (χ4v) is 4.68. The molecule has 140 valence electrons. The first-order valence-electron chi connectivity index (χ1n) is 10.3. The molecule has 0 saturated heterocycles. The summed E-state index contributed by atoms with van der Waals surface area (Å²) in [7, 11) is 0. The van der Waals surface area contributed by atoms with Gasteiger partial charge in [-0.3, -0.25) is 0 Å². The Labute approximate surface area is 161 Å². The molecule has 0 fully saturated rings. The van der Waals surface area contributed by atoms with Crippen LogP contribution < -0.4 is 0 Å². The Morgan fingerprint density at radius 1 is 0.692 bits per heavy atom. The van der Waals surface area contributed by atoms with Gasteiger partial charge in [0.25, 0.3) is 0 Å². The average molecular weight is 349 g/mol. The molecule has 1 aliphatic carbocycles. The van der Waals surface area contributed by atoms with Crippen LogP contribution in [0.15, 0.2) is 36.4 Å². The highest BCUT2D eigenvalue weighted by atomic mass is 14.4. The van der Waals surface area contributed by atoms with Gasteiger partial charge < -0.3 is 0 Å². The second-order valence-electron chi connectivity index (χ2n) is 10.2. The van der Waals surface area contributed by atoms with Gasteiger partial charge in [-0.25, -0.2) is 0 Å². The summed E-state index contributed by atoms with van der Waals surface area (Å²) in [6.07, 6.45) is 3.61. The lowest BCUT2D eigenvalue weighted by atomic mass is 9.70. The zero-order valence-electron chi connectivity index (χ0n) is 18.1. The van der Waals surface area contributed by atoms with Crippen LogP contribution in [0.2, 0.25) is 0 Å². The highest BCUT2D eigenvalue weighted by Gasteiger charge is 2.42. The van der Waals surface area contributed by atoms with Gasteiger partial charge in [-0.2, -0.15) is 0 Å². The molecule has 0 heterocycles. The highest BCUT2D eigenvalue weighted by Crippen LogP contribution is 2.54. The normalized spacial score (nSPS) is 15.7. The lowest BCUT2D eigenvalue weighted by Crippen LogP contribution is -2.25. The minimum absolute atomic E-state index is 0.169. The second kappa shape index (κ2) is 6.25. The smallest absolute Gasteiger partial charge is 0.0212 e. The van der Waals surface area contributed by atoms with Crippen molar-refractivity contribution in [2.75, 3.05) is 0 Å². The second-order valence-corrected chi connectivity index (χ2v) is 10.2. The van der Waals surface area contributed by atoms with Crippen molar-refractivity contribution in [3.05, 3.63) is 58.7 Å². The SMILES string of the molecule is CCCC1(CC)c2cc(C(C)(C)C)ccc2-c2ccc(C(C)(C)C)cc21. The van der Waals surface area contributed by atoms with Crippen molar-refractivity contribution in [2.24, 2.45) is 0 Å². The summed E-state index contributed by atoms with van der Waals surface area (Å²) >= 11 is 0. The molecule has 0 nitrogen and oxygen atoms in total. The van der Waals surface area contributed by atoms with Crippen LogP contribution in [0.1, 0.15) is 96.9 Å². The van der Waals surface area contributed by atoms with Crippen molar-refractivity contribution in [1.29, 1.82) is 0 Å². The zero-order valence-corrected chi connectivity index (χ0v) is 18.1. The maximum Gasteiger partial charge on any atom is 0.0212 e. The van der Waals surface area contributed by atoms with Gasteiger partial charge in [0.15, 0.2) is 0 Å². The van der Waals surface area contributed by atoms with Crippen LogP contribution in [0.5, 0.6) is 0 Å². The first-order valence-corrected chi connectivity index (χ1v) is 10.3. The third-order valence-corrected chi connectivity index (χ3v) is 6.37. The van der Waals surface area contributed by atoms with Crippen LogP contribution in [0.4, 0.5) is 0 Å². The largest absolute Gasteiger partial charge is 0.0653 e. The van der Waals surface area contributed by atoms with Gasteiger partial charge in [-0.1, -0.05) is 98.2 Å². The van der Waals surface area contributed by atoms with Crippen LogP contribution >= 0.6 is 0 Å². The van der Waals surface area contributed by atoms with Gasteiger partial charge in [0.2, 0.25) is 0 Å². The van der Waals surface area contributed by atoms with Crippen LogP contribution in [-0.2, 0) is 16.2 Å². The van der Waals surface area contributed by atoms with E-state index in [1.54, 1.807) is 11.1 Å². The molecular formula is C26H36. The van der Waals surface area contributed by atoms with Gasteiger partial charge >= 0.3 is 0 Å². The molecular weight excluding hydrogens is 312 g/mol. The maximum atomic E-state index is 2.52. The Balaban J connectivity index is 2.30. The predicted octanol–water partition coefficient (Wildman–Crippen LogP) is 7.76. The van der Waals surface area contributed by atoms with E-state index in [9.17, 15) is 0 Å². The Hall–Kier alpha value is -1.56. The molecule has 26 heavy (non-hydrogen) atoms. The number of benzene rings is 2. The van der Waals surface area contributed by atoms with E-state index in [-0.39, 0.29) is 16.2 Å². The summed E-state index contributed by atoms with van der Waals surface area (Å²) in [4.78, 5) is 0. The predicted molar refractivity (Wildman–Crippen MR) is 115 cm³/mol. The molecule has 0 saturated carbocycles. The molecule has 0 unspecified atom stereocenters. The molecule has 3 rings (SSSR count).